The molecule has 1 N–H and O–H groups in total. The van der Waals surface area contributed by atoms with Gasteiger partial charge in [0, 0.05) is 0 Å². The van der Waals surface area contributed by atoms with Gasteiger partial charge in [0.15, 0.2) is 0 Å². The lowest BCUT2D eigenvalue weighted by Crippen LogP contribution is -2.12. The molecule has 0 atom stereocenters. The van der Waals surface area contributed by atoms with Crippen LogP contribution in [0.3, 0.4) is 0 Å². The van der Waals surface area contributed by atoms with E-state index in [1.807, 2.05) is 6.07 Å². The van der Waals surface area contributed by atoms with Crippen molar-refractivity contribution in [2.75, 3.05) is 6.54 Å². The maximum Gasteiger partial charge on any atom is 0.284 e. The maximum absolute atomic E-state index is 11.9. The van der Waals surface area contributed by atoms with Crippen LogP contribution < -0.4 is 5.32 Å². The third-order valence-electron chi connectivity index (χ3n) is 1.79. The molecular weight excluding hydrogens is 220 g/mol. The van der Waals surface area contributed by atoms with Crippen molar-refractivity contribution >= 4 is 11.8 Å². The van der Waals surface area contributed by atoms with Crippen LogP contribution in [0.5, 0.6) is 0 Å². The lowest BCUT2D eigenvalue weighted by molar-refractivity contribution is 0.251. The second-order valence-corrected chi connectivity index (χ2v) is 4.09. The van der Waals surface area contributed by atoms with Crippen LogP contribution in [-0.2, 0) is 12.3 Å². The summed E-state index contributed by atoms with van der Waals surface area (Å²) >= 11 is 0.579. The molecule has 1 rings (SSSR count). The molecule has 0 aromatic carbocycles. The van der Waals surface area contributed by atoms with Crippen molar-refractivity contribution in [1.29, 1.82) is 0 Å². The fraction of sp³-hybridized carbons (Fsp3) is 0.600. The molecule has 0 bridgehead atoms. The van der Waals surface area contributed by atoms with E-state index in [0.717, 1.165) is 18.7 Å². The third-order valence-corrected chi connectivity index (χ3v) is 2.50. The van der Waals surface area contributed by atoms with Gasteiger partial charge in [-0.3, -0.25) is 0 Å². The van der Waals surface area contributed by atoms with Crippen LogP contribution in [0.1, 0.15) is 24.9 Å². The second kappa shape index (κ2) is 6.85. The summed E-state index contributed by atoms with van der Waals surface area (Å²) < 4.78 is 29.1. The topological polar surface area (TPSA) is 25.2 Å². The van der Waals surface area contributed by atoms with E-state index in [-0.39, 0.29) is 5.75 Å². The highest BCUT2D eigenvalue weighted by Gasteiger charge is 2.06. The van der Waals surface area contributed by atoms with Crippen LogP contribution in [0.15, 0.2) is 16.5 Å². The van der Waals surface area contributed by atoms with Gasteiger partial charge in [0.25, 0.3) is 5.76 Å². The SMILES string of the molecule is CCCNCc1ccc(CSC(F)F)o1. The Morgan fingerprint density at radius 1 is 1.40 bits per heavy atom. The van der Waals surface area contributed by atoms with Crippen LogP contribution in [0.25, 0.3) is 0 Å². The zero-order valence-electron chi connectivity index (χ0n) is 8.63. The molecule has 0 unspecified atom stereocenters. The van der Waals surface area contributed by atoms with Crippen molar-refractivity contribution in [2.45, 2.75) is 31.4 Å². The van der Waals surface area contributed by atoms with Crippen molar-refractivity contribution in [2.24, 2.45) is 0 Å². The Labute approximate surface area is 92.4 Å². The first-order chi connectivity index (χ1) is 7.22. The standard InChI is InChI=1S/C10H15F2NOS/c1-2-5-13-6-8-3-4-9(14-8)7-15-10(11)12/h3-4,10,13H,2,5-7H2,1H3. The summed E-state index contributed by atoms with van der Waals surface area (Å²) in [5.74, 6) is -0.704. The zero-order chi connectivity index (χ0) is 11.1. The van der Waals surface area contributed by atoms with Crippen molar-refractivity contribution in [3.05, 3.63) is 23.7 Å². The molecule has 86 valence electrons. The first-order valence-electron chi connectivity index (χ1n) is 4.90. The second-order valence-electron chi connectivity index (χ2n) is 3.12. The molecule has 0 radical (unpaired) electrons. The predicted octanol–water partition coefficient (Wildman–Crippen LogP) is 3.24. The molecule has 1 aromatic rings. The molecule has 0 spiro atoms. The quantitative estimate of drug-likeness (QED) is 0.734. The highest BCUT2D eigenvalue weighted by atomic mass is 32.2. The Morgan fingerprint density at radius 3 is 2.80 bits per heavy atom. The Kier molecular flexibility index (Phi) is 5.71. The van der Waals surface area contributed by atoms with Gasteiger partial charge in [0.2, 0.25) is 0 Å². The van der Waals surface area contributed by atoms with Gasteiger partial charge in [-0.25, -0.2) is 0 Å². The van der Waals surface area contributed by atoms with Crippen molar-refractivity contribution in [3.63, 3.8) is 0 Å². The number of halogens is 2. The van der Waals surface area contributed by atoms with E-state index in [1.165, 1.54) is 0 Å². The van der Waals surface area contributed by atoms with Crippen LogP contribution in [0.4, 0.5) is 8.78 Å². The number of furan rings is 1. The molecule has 0 aliphatic heterocycles. The Balaban J connectivity index is 2.29. The summed E-state index contributed by atoms with van der Waals surface area (Å²) in [6.45, 7) is 3.68. The van der Waals surface area contributed by atoms with Crippen LogP contribution in [0.2, 0.25) is 0 Å². The summed E-state index contributed by atoms with van der Waals surface area (Å²) in [7, 11) is 0. The fourth-order valence-electron chi connectivity index (χ4n) is 1.13. The predicted molar refractivity (Wildman–Crippen MR) is 58.0 cm³/mol. The molecule has 0 amide bonds. The van der Waals surface area contributed by atoms with E-state index in [9.17, 15) is 8.78 Å². The molecule has 0 aliphatic carbocycles. The van der Waals surface area contributed by atoms with Crippen LogP contribution in [-0.4, -0.2) is 12.3 Å². The monoisotopic (exact) mass is 235 g/mol. The van der Waals surface area contributed by atoms with Gasteiger partial charge in [-0.2, -0.15) is 8.78 Å². The van der Waals surface area contributed by atoms with Crippen LogP contribution >= 0.6 is 11.8 Å². The van der Waals surface area contributed by atoms with Crippen molar-refractivity contribution < 1.29 is 13.2 Å². The van der Waals surface area contributed by atoms with Gasteiger partial charge in [-0.05, 0) is 25.1 Å². The normalized spacial score (nSPS) is 11.2. The summed E-state index contributed by atoms with van der Waals surface area (Å²) in [5, 5.41) is 3.18. The molecule has 0 aliphatic rings. The molecular formula is C10H15F2NOS. The lowest BCUT2D eigenvalue weighted by atomic mass is 10.4. The number of rotatable bonds is 7. The summed E-state index contributed by atoms with van der Waals surface area (Å²) in [4.78, 5) is 0. The van der Waals surface area contributed by atoms with E-state index >= 15 is 0 Å². The first kappa shape index (κ1) is 12.5. The average molecular weight is 235 g/mol. The molecule has 1 aromatic heterocycles. The van der Waals surface area contributed by atoms with E-state index in [0.29, 0.717) is 24.1 Å². The molecule has 2 nitrogen and oxygen atoms in total. The highest BCUT2D eigenvalue weighted by molar-refractivity contribution is 7.98. The van der Waals surface area contributed by atoms with Crippen molar-refractivity contribution in [3.8, 4) is 0 Å². The minimum atomic E-state index is -2.34. The number of hydrogen-bond donors (Lipinski definition) is 1. The van der Waals surface area contributed by atoms with E-state index in [1.54, 1.807) is 6.07 Å². The molecule has 5 heteroatoms. The van der Waals surface area contributed by atoms with E-state index in [4.69, 9.17) is 4.42 Å². The van der Waals surface area contributed by atoms with E-state index in [2.05, 4.69) is 12.2 Å². The third kappa shape index (κ3) is 5.18. The van der Waals surface area contributed by atoms with E-state index < -0.39 is 5.76 Å². The number of alkyl halides is 2. The number of thioether (sulfide) groups is 1. The maximum atomic E-state index is 11.9. The molecule has 0 saturated heterocycles. The van der Waals surface area contributed by atoms with Gasteiger partial charge in [0.05, 0.1) is 12.3 Å². The Morgan fingerprint density at radius 2 is 2.13 bits per heavy atom. The number of nitrogens with one attached hydrogen (secondary N) is 1. The van der Waals surface area contributed by atoms with Gasteiger partial charge < -0.3 is 9.73 Å². The highest BCUT2D eigenvalue weighted by Crippen LogP contribution is 2.21. The minimum absolute atomic E-state index is 0.228. The van der Waals surface area contributed by atoms with Gasteiger partial charge in [-0.1, -0.05) is 18.7 Å². The molecule has 0 fully saturated rings. The van der Waals surface area contributed by atoms with Gasteiger partial charge in [-0.15, -0.1) is 0 Å². The largest absolute Gasteiger partial charge is 0.464 e. The first-order valence-corrected chi connectivity index (χ1v) is 5.95. The Bertz CT molecular complexity index is 278. The Hall–Kier alpha value is -0.550. The fourth-order valence-corrected chi connectivity index (χ4v) is 1.57. The van der Waals surface area contributed by atoms with Gasteiger partial charge >= 0.3 is 0 Å². The summed E-state index contributed by atoms with van der Waals surface area (Å²) in [6.07, 6.45) is 1.06. The molecule has 1 heterocycles. The lowest BCUT2D eigenvalue weighted by Gasteiger charge is -1.99. The number of hydrogen-bond acceptors (Lipinski definition) is 3. The van der Waals surface area contributed by atoms with Crippen LogP contribution in [0, 0.1) is 0 Å². The summed E-state index contributed by atoms with van der Waals surface area (Å²) in [5.41, 5.74) is 0. The van der Waals surface area contributed by atoms with Crippen molar-refractivity contribution in [1.82, 2.24) is 5.32 Å². The summed E-state index contributed by atoms with van der Waals surface area (Å²) in [6, 6.07) is 3.57. The molecule has 15 heavy (non-hydrogen) atoms. The molecule has 0 saturated carbocycles. The smallest absolute Gasteiger partial charge is 0.284 e. The minimum Gasteiger partial charge on any atom is -0.464 e. The zero-order valence-corrected chi connectivity index (χ0v) is 9.45. The van der Waals surface area contributed by atoms with Gasteiger partial charge in [0.1, 0.15) is 11.5 Å². The average Bonchev–Trinajstić information content (AvgIpc) is 2.63.